The molecule has 5 nitrogen and oxygen atoms in total. The monoisotopic (exact) mass is 300 g/mol. The summed E-state index contributed by atoms with van der Waals surface area (Å²) in [6, 6.07) is 0. The van der Waals surface area contributed by atoms with E-state index in [0.29, 0.717) is 23.5 Å². The molecular formula is C14H24N2O3S. The highest BCUT2D eigenvalue weighted by molar-refractivity contribution is 7.86. The van der Waals surface area contributed by atoms with Crippen LogP contribution in [-0.4, -0.2) is 38.1 Å². The van der Waals surface area contributed by atoms with E-state index >= 15 is 0 Å². The first kappa shape index (κ1) is 15.6. The van der Waals surface area contributed by atoms with Gasteiger partial charge in [0.15, 0.2) is 0 Å². The molecule has 2 atom stereocenters. The lowest BCUT2D eigenvalue weighted by atomic mass is 9.81. The van der Waals surface area contributed by atoms with Crippen LogP contribution in [0.15, 0.2) is 4.42 Å². The van der Waals surface area contributed by atoms with Crippen molar-refractivity contribution in [2.75, 3.05) is 19.0 Å². The molecule has 1 saturated heterocycles. The highest BCUT2D eigenvalue weighted by atomic mass is 32.2. The zero-order chi connectivity index (χ0) is 15.0. The van der Waals surface area contributed by atoms with Crippen molar-refractivity contribution in [1.29, 1.82) is 0 Å². The molecule has 1 aromatic heterocycles. The minimum absolute atomic E-state index is 0.244. The maximum atomic E-state index is 12.5. The van der Waals surface area contributed by atoms with E-state index in [0.717, 1.165) is 19.6 Å². The van der Waals surface area contributed by atoms with Crippen LogP contribution >= 0.6 is 0 Å². The van der Waals surface area contributed by atoms with Crippen LogP contribution in [0, 0.1) is 12.8 Å². The van der Waals surface area contributed by atoms with Gasteiger partial charge in [-0.25, -0.2) is 0 Å². The Kier molecular flexibility index (Phi) is 4.35. The standard InChI is InChI=1S/C14H24N2O3S/c1-10-15-16-12(19-10)14(5,6-11-7-18-8-11)9-20(17)13(2,3)4/h11H,6-9H2,1-5H3. The lowest BCUT2D eigenvalue weighted by Crippen LogP contribution is -2.41. The molecule has 1 aliphatic rings. The highest BCUT2D eigenvalue weighted by Gasteiger charge is 2.40. The van der Waals surface area contributed by atoms with Crippen LogP contribution in [0.5, 0.6) is 0 Å². The second-order valence-corrected chi connectivity index (χ2v) is 9.10. The van der Waals surface area contributed by atoms with Gasteiger partial charge >= 0.3 is 0 Å². The first-order valence-corrected chi connectivity index (χ1v) is 8.29. The fourth-order valence-corrected chi connectivity index (χ4v) is 3.55. The van der Waals surface area contributed by atoms with Gasteiger partial charge in [0.05, 0.1) is 18.6 Å². The van der Waals surface area contributed by atoms with E-state index in [-0.39, 0.29) is 10.2 Å². The quantitative estimate of drug-likeness (QED) is 0.834. The third kappa shape index (κ3) is 3.47. The minimum Gasteiger partial charge on any atom is -0.425 e. The fraction of sp³-hybridized carbons (Fsp3) is 0.857. The summed E-state index contributed by atoms with van der Waals surface area (Å²) in [5, 5.41) is 8.10. The van der Waals surface area contributed by atoms with Crippen molar-refractivity contribution in [3.05, 3.63) is 11.8 Å². The van der Waals surface area contributed by atoms with E-state index in [1.54, 1.807) is 6.92 Å². The van der Waals surface area contributed by atoms with Crippen LogP contribution in [0.25, 0.3) is 0 Å². The second kappa shape index (κ2) is 5.56. The zero-order valence-electron chi connectivity index (χ0n) is 12.9. The Labute approximate surface area is 122 Å². The number of aromatic nitrogens is 2. The normalized spacial score (nSPS) is 21.2. The van der Waals surface area contributed by atoms with Crippen molar-refractivity contribution in [1.82, 2.24) is 10.2 Å². The summed E-state index contributed by atoms with van der Waals surface area (Å²) in [6.45, 7) is 11.4. The molecule has 0 spiro atoms. The number of hydrogen-bond acceptors (Lipinski definition) is 5. The lowest BCUT2D eigenvalue weighted by molar-refractivity contribution is -0.0448. The van der Waals surface area contributed by atoms with Gasteiger partial charge in [0, 0.05) is 34.1 Å². The number of ether oxygens (including phenoxy) is 1. The number of nitrogens with zero attached hydrogens (tertiary/aromatic N) is 2. The highest BCUT2D eigenvalue weighted by Crippen LogP contribution is 2.35. The van der Waals surface area contributed by atoms with Gasteiger partial charge in [0.2, 0.25) is 11.8 Å². The van der Waals surface area contributed by atoms with Gasteiger partial charge in [-0.1, -0.05) is 0 Å². The zero-order valence-corrected chi connectivity index (χ0v) is 13.7. The Balaban J connectivity index is 2.21. The molecule has 0 aliphatic carbocycles. The van der Waals surface area contributed by atoms with E-state index in [1.165, 1.54) is 0 Å². The summed E-state index contributed by atoms with van der Waals surface area (Å²) >= 11 is 0. The Morgan fingerprint density at radius 3 is 2.30 bits per heavy atom. The maximum Gasteiger partial charge on any atom is 0.223 e. The van der Waals surface area contributed by atoms with E-state index in [1.807, 2.05) is 20.8 Å². The smallest absolute Gasteiger partial charge is 0.223 e. The molecule has 114 valence electrons. The van der Waals surface area contributed by atoms with Crippen LogP contribution in [0.2, 0.25) is 0 Å². The van der Waals surface area contributed by atoms with Gasteiger partial charge in [-0.15, -0.1) is 10.2 Å². The SMILES string of the molecule is Cc1nnc(C(C)(CC2COC2)CS(=O)C(C)(C)C)o1. The summed E-state index contributed by atoms with van der Waals surface area (Å²) in [5.41, 5.74) is -0.353. The summed E-state index contributed by atoms with van der Waals surface area (Å²) in [7, 11) is -0.961. The Morgan fingerprint density at radius 2 is 1.90 bits per heavy atom. The Bertz CT molecular complexity index is 491. The topological polar surface area (TPSA) is 65.2 Å². The van der Waals surface area contributed by atoms with Gasteiger partial charge in [0.1, 0.15) is 0 Å². The Hall–Kier alpha value is -0.750. The second-order valence-electron chi connectivity index (χ2n) is 6.90. The van der Waals surface area contributed by atoms with Gasteiger partial charge in [-0.2, -0.15) is 0 Å². The molecule has 20 heavy (non-hydrogen) atoms. The average Bonchev–Trinajstić information content (AvgIpc) is 2.70. The maximum absolute atomic E-state index is 12.5. The molecule has 0 aromatic carbocycles. The van der Waals surface area contributed by atoms with E-state index < -0.39 is 10.8 Å². The van der Waals surface area contributed by atoms with Crippen LogP contribution in [0.4, 0.5) is 0 Å². The van der Waals surface area contributed by atoms with Gasteiger partial charge < -0.3 is 9.15 Å². The predicted molar refractivity (Wildman–Crippen MR) is 78.1 cm³/mol. The van der Waals surface area contributed by atoms with Crippen molar-refractivity contribution >= 4 is 10.8 Å². The molecule has 0 radical (unpaired) electrons. The van der Waals surface area contributed by atoms with Gasteiger partial charge in [-0.05, 0) is 34.1 Å². The molecule has 6 heteroatoms. The van der Waals surface area contributed by atoms with E-state index in [9.17, 15) is 4.21 Å². The molecule has 1 aromatic rings. The van der Waals surface area contributed by atoms with Crippen LogP contribution in [0.3, 0.4) is 0 Å². The number of rotatable bonds is 5. The van der Waals surface area contributed by atoms with Crippen LogP contribution in [0.1, 0.15) is 45.9 Å². The number of aryl methyl sites for hydroxylation is 1. The third-order valence-electron chi connectivity index (χ3n) is 3.62. The summed E-state index contributed by atoms with van der Waals surface area (Å²) in [4.78, 5) is 0. The summed E-state index contributed by atoms with van der Waals surface area (Å²) in [5.74, 6) is 2.18. The van der Waals surface area contributed by atoms with Gasteiger partial charge in [0.25, 0.3) is 0 Å². The molecule has 2 rings (SSSR count). The third-order valence-corrected chi connectivity index (χ3v) is 5.89. The predicted octanol–water partition coefficient (Wildman–Crippen LogP) is 2.22. The van der Waals surface area contributed by atoms with E-state index in [4.69, 9.17) is 9.15 Å². The first-order valence-electron chi connectivity index (χ1n) is 6.97. The number of hydrogen-bond donors (Lipinski definition) is 0. The van der Waals surface area contributed by atoms with Crippen molar-refractivity contribution < 1.29 is 13.4 Å². The molecule has 0 amide bonds. The molecule has 1 aliphatic heterocycles. The Morgan fingerprint density at radius 1 is 1.25 bits per heavy atom. The molecule has 0 saturated carbocycles. The molecule has 0 bridgehead atoms. The minimum atomic E-state index is -0.961. The van der Waals surface area contributed by atoms with Crippen molar-refractivity contribution in [2.24, 2.45) is 5.92 Å². The molecular weight excluding hydrogens is 276 g/mol. The lowest BCUT2D eigenvalue weighted by Gasteiger charge is -2.35. The average molecular weight is 300 g/mol. The molecule has 1 fully saturated rings. The first-order chi connectivity index (χ1) is 9.21. The van der Waals surface area contributed by atoms with Crippen LogP contribution < -0.4 is 0 Å². The molecule has 0 N–H and O–H groups in total. The summed E-state index contributed by atoms with van der Waals surface area (Å²) < 4.78 is 23.2. The van der Waals surface area contributed by atoms with Crippen molar-refractivity contribution in [2.45, 2.75) is 51.2 Å². The van der Waals surface area contributed by atoms with Crippen molar-refractivity contribution in [3.63, 3.8) is 0 Å². The van der Waals surface area contributed by atoms with Gasteiger partial charge in [-0.3, -0.25) is 4.21 Å². The van der Waals surface area contributed by atoms with E-state index in [2.05, 4.69) is 17.1 Å². The molecule has 2 unspecified atom stereocenters. The fourth-order valence-electron chi connectivity index (χ4n) is 2.29. The van der Waals surface area contributed by atoms with Crippen molar-refractivity contribution in [3.8, 4) is 0 Å². The molecule has 2 heterocycles. The largest absolute Gasteiger partial charge is 0.425 e. The summed E-state index contributed by atoms with van der Waals surface area (Å²) in [6.07, 6.45) is 0.871. The van der Waals surface area contributed by atoms with Crippen LogP contribution in [-0.2, 0) is 21.0 Å².